The molecule has 0 atom stereocenters. The van der Waals surface area contributed by atoms with Crippen molar-refractivity contribution in [1.82, 2.24) is 5.32 Å². The van der Waals surface area contributed by atoms with Crippen LogP contribution in [0.15, 0.2) is 18.2 Å². The maximum Gasteiger partial charge on any atom is 0.148 e. The molecule has 0 spiro atoms. The van der Waals surface area contributed by atoms with Gasteiger partial charge in [-0.1, -0.05) is 23.2 Å². The van der Waals surface area contributed by atoms with Gasteiger partial charge >= 0.3 is 0 Å². The third kappa shape index (κ3) is 6.44. The molecule has 102 valence electrons. The average molecular weight is 312 g/mol. The molecule has 0 aliphatic carbocycles. The van der Waals surface area contributed by atoms with E-state index in [9.17, 15) is 8.42 Å². The Balaban J connectivity index is 2.20. The Morgan fingerprint density at radius 2 is 1.94 bits per heavy atom. The van der Waals surface area contributed by atoms with Gasteiger partial charge in [-0.05, 0) is 12.1 Å². The minimum absolute atomic E-state index is 0.125. The van der Waals surface area contributed by atoms with Gasteiger partial charge in [0, 0.05) is 25.4 Å². The lowest BCUT2D eigenvalue weighted by molar-refractivity contribution is 0.315. The molecule has 7 heteroatoms. The van der Waals surface area contributed by atoms with Gasteiger partial charge in [-0.2, -0.15) is 0 Å². The fourth-order valence-corrected chi connectivity index (χ4v) is 1.99. The first-order valence-corrected chi connectivity index (χ1v) is 8.16. The molecule has 0 aliphatic heterocycles. The van der Waals surface area contributed by atoms with Crippen LogP contribution in [0.5, 0.6) is 5.75 Å². The minimum Gasteiger partial charge on any atom is -0.492 e. The van der Waals surface area contributed by atoms with E-state index in [2.05, 4.69) is 5.32 Å². The molecule has 0 fully saturated rings. The normalized spacial score (nSPS) is 11.5. The maximum atomic E-state index is 10.9. The first-order chi connectivity index (χ1) is 8.38. The molecule has 0 saturated heterocycles. The van der Waals surface area contributed by atoms with Crippen LogP contribution in [0, 0.1) is 0 Å². The molecule has 1 N–H and O–H groups in total. The quantitative estimate of drug-likeness (QED) is 0.783. The van der Waals surface area contributed by atoms with Crippen LogP contribution in [-0.4, -0.2) is 40.1 Å². The van der Waals surface area contributed by atoms with Gasteiger partial charge in [-0.25, -0.2) is 8.42 Å². The first-order valence-electron chi connectivity index (χ1n) is 5.35. The molecule has 18 heavy (non-hydrogen) atoms. The smallest absolute Gasteiger partial charge is 0.148 e. The Hall–Kier alpha value is -0.490. The van der Waals surface area contributed by atoms with Crippen LogP contribution in [-0.2, 0) is 9.84 Å². The van der Waals surface area contributed by atoms with E-state index in [4.69, 9.17) is 27.9 Å². The van der Waals surface area contributed by atoms with Crippen molar-refractivity contribution >= 4 is 33.0 Å². The summed E-state index contributed by atoms with van der Waals surface area (Å²) in [4.78, 5) is 0. The van der Waals surface area contributed by atoms with E-state index < -0.39 is 9.84 Å². The van der Waals surface area contributed by atoms with E-state index in [0.717, 1.165) is 0 Å². The van der Waals surface area contributed by atoms with Crippen LogP contribution in [0.3, 0.4) is 0 Å². The Morgan fingerprint density at radius 3 is 2.56 bits per heavy atom. The zero-order chi connectivity index (χ0) is 13.6. The van der Waals surface area contributed by atoms with Gasteiger partial charge in [0.05, 0.1) is 15.8 Å². The Bertz CT molecular complexity index is 491. The van der Waals surface area contributed by atoms with Crippen molar-refractivity contribution in [3.8, 4) is 5.75 Å². The number of ether oxygens (including phenoxy) is 1. The SMILES string of the molecule is CS(=O)(=O)CCNCCOc1ccc(Cl)c(Cl)c1. The van der Waals surface area contributed by atoms with Crippen molar-refractivity contribution in [3.63, 3.8) is 0 Å². The van der Waals surface area contributed by atoms with E-state index in [1.54, 1.807) is 18.2 Å². The number of benzene rings is 1. The van der Waals surface area contributed by atoms with Gasteiger partial charge < -0.3 is 10.1 Å². The summed E-state index contributed by atoms with van der Waals surface area (Å²) in [6, 6.07) is 5.03. The number of rotatable bonds is 7. The van der Waals surface area contributed by atoms with Crippen LogP contribution >= 0.6 is 23.2 Å². The van der Waals surface area contributed by atoms with Crippen LogP contribution < -0.4 is 10.1 Å². The summed E-state index contributed by atoms with van der Waals surface area (Å²) in [6.45, 7) is 1.42. The van der Waals surface area contributed by atoms with Crippen LogP contribution in [0.1, 0.15) is 0 Å². The molecule has 1 aromatic carbocycles. The highest BCUT2D eigenvalue weighted by molar-refractivity contribution is 7.90. The second-order valence-corrected chi connectivity index (χ2v) is 6.88. The van der Waals surface area contributed by atoms with Crippen molar-refractivity contribution < 1.29 is 13.2 Å². The molecule has 1 aromatic rings. The second kappa shape index (κ2) is 7.19. The molecule has 0 amide bonds. The van der Waals surface area contributed by atoms with Gasteiger partial charge in [0.2, 0.25) is 0 Å². The molecule has 1 rings (SSSR count). The molecule has 0 bridgehead atoms. The van der Waals surface area contributed by atoms with Crippen molar-refractivity contribution in [1.29, 1.82) is 0 Å². The predicted octanol–water partition coefficient (Wildman–Crippen LogP) is 2.01. The third-order valence-electron chi connectivity index (χ3n) is 2.09. The monoisotopic (exact) mass is 311 g/mol. The van der Waals surface area contributed by atoms with E-state index in [0.29, 0.717) is 35.5 Å². The van der Waals surface area contributed by atoms with E-state index in [-0.39, 0.29) is 5.75 Å². The molecule has 0 radical (unpaired) electrons. The summed E-state index contributed by atoms with van der Waals surface area (Å²) in [7, 11) is -2.91. The Morgan fingerprint density at radius 1 is 1.22 bits per heavy atom. The van der Waals surface area contributed by atoms with Crippen LogP contribution in [0.4, 0.5) is 0 Å². The Labute approximate surface area is 117 Å². The lowest BCUT2D eigenvalue weighted by Crippen LogP contribution is -2.26. The lowest BCUT2D eigenvalue weighted by Gasteiger charge is -2.08. The first kappa shape index (κ1) is 15.6. The van der Waals surface area contributed by atoms with Crippen molar-refractivity contribution in [3.05, 3.63) is 28.2 Å². The summed E-state index contributed by atoms with van der Waals surface area (Å²) in [5, 5.41) is 3.90. The molecular weight excluding hydrogens is 297 g/mol. The summed E-state index contributed by atoms with van der Waals surface area (Å²) in [5.41, 5.74) is 0. The average Bonchev–Trinajstić information content (AvgIpc) is 2.26. The molecule has 4 nitrogen and oxygen atoms in total. The van der Waals surface area contributed by atoms with Gasteiger partial charge in [0.25, 0.3) is 0 Å². The zero-order valence-electron chi connectivity index (χ0n) is 9.95. The number of hydrogen-bond donors (Lipinski definition) is 1. The summed E-state index contributed by atoms with van der Waals surface area (Å²) in [6.07, 6.45) is 1.21. The van der Waals surface area contributed by atoms with Crippen LogP contribution in [0.2, 0.25) is 10.0 Å². The fraction of sp³-hybridized carbons (Fsp3) is 0.455. The third-order valence-corrected chi connectivity index (χ3v) is 3.77. The molecule has 0 aliphatic rings. The van der Waals surface area contributed by atoms with Crippen molar-refractivity contribution in [2.45, 2.75) is 0 Å². The highest BCUT2D eigenvalue weighted by Gasteiger charge is 2.01. The van der Waals surface area contributed by atoms with Gasteiger partial charge in [-0.3, -0.25) is 0 Å². The number of halogens is 2. The van der Waals surface area contributed by atoms with E-state index in [1.165, 1.54) is 6.26 Å². The predicted molar refractivity (Wildman–Crippen MR) is 74.5 cm³/mol. The number of nitrogens with one attached hydrogen (secondary N) is 1. The Kier molecular flexibility index (Phi) is 6.21. The summed E-state index contributed by atoms with van der Waals surface area (Å²) < 4.78 is 27.1. The fourth-order valence-electron chi connectivity index (χ4n) is 1.19. The van der Waals surface area contributed by atoms with Gasteiger partial charge in [0.1, 0.15) is 22.2 Å². The highest BCUT2D eigenvalue weighted by Crippen LogP contribution is 2.26. The topological polar surface area (TPSA) is 55.4 Å². The molecular formula is C11H15Cl2NO3S. The minimum atomic E-state index is -2.91. The standard InChI is InChI=1S/C11H15Cl2NO3S/c1-18(15,16)7-5-14-4-6-17-9-2-3-10(12)11(13)8-9/h2-3,8,14H,4-7H2,1H3. The molecule has 0 saturated carbocycles. The molecule has 0 aromatic heterocycles. The van der Waals surface area contributed by atoms with Crippen molar-refractivity contribution in [2.24, 2.45) is 0 Å². The van der Waals surface area contributed by atoms with Crippen LogP contribution in [0.25, 0.3) is 0 Å². The number of sulfone groups is 1. The lowest BCUT2D eigenvalue weighted by atomic mass is 10.3. The van der Waals surface area contributed by atoms with E-state index in [1.807, 2.05) is 0 Å². The summed E-state index contributed by atoms with van der Waals surface area (Å²) >= 11 is 11.6. The summed E-state index contributed by atoms with van der Waals surface area (Å²) in [5.74, 6) is 0.758. The highest BCUT2D eigenvalue weighted by atomic mass is 35.5. The van der Waals surface area contributed by atoms with E-state index >= 15 is 0 Å². The molecule has 0 unspecified atom stereocenters. The van der Waals surface area contributed by atoms with Crippen molar-refractivity contribution in [2.75, 3.05) is 31.7 Å². The maximum absolute atomic E-state index is 10.9. The number of hydrogen-bond acceptors (Lipinski definition) is 4. The van der Waals surface area contributed by atoms with Gasteiger partial charge in [-0.15, -0.1) is 0 Å². The molecule has 0 heterocycles. The largest absolute Gasteiger partial charge is 0.492 e. The van der Waals surface area contributed by atoms with Gasteiger partial charge in [0.15, 0.2) is 0 Å². The second-order valence-electron chi connectivity index (χ2n) is 3.80. The zero-order valence-corrected chi connectivity index (χ0v) is 12.3.